The van der Waals surface area contributed by atoms with Crippen molar-refractivity contribution in [3.63, 3.8) is 0 Å². The van der Waals surface area contributed by atoms with E-state index in [4.69, 9.17) is 8.83 Å². The monoisotopic (exact) mass is 482 g/mol. The first-order chi connectivity index (χ1) is 17.8. The second-order valence-electron chi connectivity index (χ2n) is 10.7. The third-order valence-electron chi connectivity index (χ3n) is 7.90. The van der Waals surface area contributed by atoms with Crippen LogP contribution in [0.1, 0.15) is 102 Å². The standard InChI is InChI=1S/C34H42O2/c1-3-5-7-9-11-13-17-25-23-30-29-22-21-28-27-19-15-16-20-31(27)35-33(28)34(29)36-32(30)24-26(25)18-14-12-10-8-6-4-2/h15-16,19-24H,3-14,17-18H2,1-2H3. The van der Waals surface area contributed by atoms with Crippen molar-refractivity contribution in [2.45, 2.75) is 104 Å². The zero-order chi connectivity index (χ0) is 24.7. The lowest BCUT2D eigenvalue weighted by Gasteiger charge is -2.11. The molecule has 0 aliphatic carbocycles. The van der Waals surface area contributed by atoms with Crippen molar-refractivity contribution in [2.24, 2.45) is 0 Å². The van der Waals surface area contributed by atoms with E-state index in [0.717, 1.165) is 39.5 Å². The highest BCUT2D eigenvalue weighted by Gasteiger charge is 2.17. The van der Waals surface area contributed by atoms with E-state index in [9.17, 15) is 0 Å². The quantitative estimate of drug-likeness (QED) is 0.147. The molecule has 0 atom stereocenters. The molecule has 5 rings (SSSR count). The van der Waals surface area contributed by atoms with Crippen LogP contribution < -0.4 is 0 Å². The molecule has 2 heterocycles. The van der Waals surface area contributed by atoms with Gasteiger partial charge in [-0.25, -0.2) is 0 Å². The fraction of sp³-hybridized carbons (Fsp3) is 0.471. The molecule has 0 N–H and O–H groups in total. The lowest BCUT2D eigenvalue weighted by Crippen LogP contribution is -1.96. The van der Waals surface area contributed by atoms with Gasteiger partial charge in [-0.2, -0.15) is 0 Å². The molecule has 2 aromatic heterocycles. The smallest absolute Gasteiger partial charge is 0.178 e. The number of hydrogen-bond donors (Lipinski definition) is 0. The summed E-state index contributed by atoms with van der Waals surface area (Å²) in [6.07, 6.45) is 18.4. The topological polar surface area (TPSA) is 26.3 Å². The van der Waals surface area contributed by atoms with E-state index >= 15 is 0 Å². The van der Waals surface area contributed by atoms with Gasteiger partial charge in [0.15, 0.2) is 11.2 Å². The predicted octanol–water partition coefficient (Wildman–Crippen LogP) is 11.3. The van der Waals surface area contributed by atoms with Crippen LogP contribution in [0.15, 0.2) is 57.4 Å². The third-order valence-corrected chi connectivity index (χ3v) is 7.90. The largest absolute Gasteiger partial charge is 0.452 e. The first kappa shape index (κ1) is 24.9. The maximum Gasteiger partial charge on any atom is 0.178 e. The molecule has 190 valence electrons. The summed E-state index contributed by atoms with van der Waals surface area (Å²) in [5, 5.41) is 4.70. The molecule has 0 unspecified atom stereocenters. The van der Waals surface area contributed by atoms with E-state index in [-0.39, 0.29) is 0 Å². The maximum atomic E-state index is 6.53. The first-order valence-electron chi connectivity index (χ1n) is 14.6. The van der Waals surface area contributed by atoms with Crippen LogP contribution in [-0.2, 0) is 12.8 Å². The van der Waals surface area contributed by atoms with E-state index in [0.29, 0.717) is 0 Å². The summed E-state index contributed by atoms with van der Waals surface area (Å²) < 4.78 is 12.8. The Hall–Kier alpha value is -2.74. The predicted molar refractivity (Wildman–Crippen MR) is 155 cm³/mol. The van der Waals surface area contributed by atoms with Gasteiger partial charge < -0.3 is 8.83 Å². The molecule has 0 spiro atoms. The zero-order valence-corrected chi connectivity index (χ0v) is 22.3. The number of para-hydroxylation sites is 1. The molecule has 0 radical (unpaired) electrons. The molecular formula is C34H42O2. The summed E-state index contributed by atoms with van der Waals surface area (Å²) in [7, 11) is 0. The van der Waals surface area contributed by atoms with Crippen molar-refractivity contribution in [2.75, 3.05) is 0 Å². The van der Waals surface area contributed by atoms with Gasteiger partial charge in [-0.1, -0.05) is 96.3 Å². The van der Waals surface area contributed by atoms with Crippen LogP contribution in [0.4, 0.5) is 0 Å². The molecule has 0 amide bonds. The summed E-state index contributed by atoms with van der Waals surface area (Å²) in [6.45, 7) is 4.58. The average Bonchev–Trinajstić information content (AvgIpc) is 3.46. The minimum Gasteiger partial charge on any atom is -0.452 e. The van der Waals surface area contributed by atoms with Crippen LogP contribution in [0.2, 0.25) is 0 Å². The van der Waals surface area contributed by atoms with Gasteiger partial charge >= 0.3 is 0 Å². The van der Waals surface area contributed by atoms with Gasteiger partial charge in [0, 0.05) is 21.5 Å². The Kier molecular flexibility index (Phi) is 8.31. The minimum atomic E-state index is 0.875. The van der Waals surface area contributed by atoms with E-state index < -0.39 is 0 Å². The molecule has 3 aromatic carbocycles. The van der Waals surface area contributed by atoms with E-state index in [2.05, 4.69) is 50.2 Å². The fourth-order valence-electron chi connectivity index (χ4n) is 5.81. The van der Waals surface area contributed by atoms with E-state index in [1.165, 1.54) is 105 Å². The third kappa shape index (κ3) is 5.33. The van der Waals surface area contributed by atoms with Crippen molar-refractivity contribution in [3.8, 4) is 0 Å². The second-order valence-corrected chi connectivity index (χ2v) is 10.7. The van der Waals surface area contributed by atoms with Crippen LogP contribution in [0.25, 0.3) is 43.9 Å². The summed E-state index contributed by atoms with van der Waals surface area (Å²) >= 11 is 0. The normalized spacial score (nSPS) is 12.1. The molecule has 36 heavy (non-hydrogen) atoms. The molecular weight excluding hydrogens is 440 g/mol. The minimum absolute atomic E-state index is 0.875. The number of hydrogen-bond acceptors (Lipinski definition) is 2. The molecule has 2 nitrogen and oxygen atoms in total. The number of fused-ring (bicyclic) bond motifs is 7. The summed E-state index contributed by atoms with van der Waals surface area (Å²) in [5.41, 5.74) is 6.71. The fourth-order valence-corrected chi connectivity index (χ4v) is 5.81. The van der Waals surface area contributed by atoms with Gasteiger partial charge in [0.05, 0.1) is 0 Å². The van der Waals surface area contributed by atoms with Crippen molar-refractivity contribution < 1.29 is 8.83 Å². The molecule has 2 heteroatoms. The first-order valence-corrected chi connectivity index (χ1v) is 14.6. The van der Waals surface area contributed by atoms with Gasteiger partial charge in [-0.3, -0.25) is 0 Å². The van der Waals surface area contributed by atoms with Crippen LogP contribution in [0.5, 0.6) is 0 Å². The lowest BCUT2D eigenvalue weighted by atomic mass is 9.94. The Morgan fingerprint density at radius 2 is 1.00 bits per heavy atom. The van der Waals surface area contributed by atoms with Crippen molar-refractivity contribution >= 4 is 43.9 Å². The highest BCUT2D eigenvalue weighted by atomic mass is 16.4. The number of furan rings is 2. The number of unbranched alkanes of at least 4 members (excludes halogenated alkanes) is 10. The van der Waals surface area contributed by atoms with Gasteiger partial charge in [0.25, 0.3) is 0 Å². The highest BCUT2D eigenvalue weighted by molar-refractivity contribution is 6.18. The number of rotatable bonds is 14. The van der Waals surface area contributed by atoms with Crippen molar-refractivity contribution in [1.82, 2.24) is 0 Å². The van der Waals surface area contributed by atoms with E-state index in [1.807, 2.05) is 12.1 Å². The molecule has 0 aliphatic rings. The van der Waals surface area contributed by atoms with Crippen LogP contribution in [-0.4, -0.2) is 0 Å². The highest BCUT2D eigenvalue weighted by Crippen LogP contribution is 2.39. The van der Waals surface area contributed by atoms with Gasteiger partial charge in [0.1, 0.15) is 11.2 Å². The summed E-state index contributed by atoms with van der Waals surface area (Å²) in [5.74, 6) is 0. The summed E-state index contributed by atoms with van der Waals surface area (Å²) in [4.78, 5) is 0. The van der Waals surface area contributed by atoms with Crippen molar-refractivity contribution in [1.29, 1.82) is 0 Å². The Morgan fingerprint density at radius 1 is 0.472 bits per heavy atom. The second kappa shape index (κ2) is 12.0. The number of aryl methyl sites for hydroxylation is 2. The average molecular weight is 483 g/mol. The van der Waals surface area contributed by atoms with Gasteiger partial charge in [-0.15, -0.1) is 0 Å². The zero-order valence-electron chi connectivity index (χ0n) is 22.3. The van der Waals surface area contributed by atoms with Crippen LogP contribution in [0, 0.1) is 0 Å². The Labute approximate surface area is 216 Å². The van der Waals surface area contributed by atoms with E-state index in [1.54, 1.807) is 0 Å². The molecule has 0 fully saturated rings. The molecule has 0 saturated heterocycles. The Balaban J connectivity index is 1.45. The Bertz CT molecular complexity index is 1420. The lowest BCUT2D eigenvalue weighted by molar-refractivity contribution is 0.598. The molecule has 5 aromatic rings. The Morgan fingerprint density at radius 3 is 1.67 bits per heavy atom. The molecule has 0 bridgehead atoms. The molecule has 0 saturated carbocycles. The molecule has 0 aliphatic heterocycles. The number of benzene rings is 3. The maximum absolute atomic E-state index is 6.53. The van der Waals surface area contributed by atoms with Crippen LogP contribution in [0.3, 0.4) is 0 Å². The van der Waals surface area contributed by atoms with Gasteiger partial charge in [0.2, 0.25) is 0 Å². The van der Waals surface area contributed by atoms with Crippen molar-refractivity contribution in [3.05, 3.63) is 59.7 Å². The van der Waals surface area contributed by atoms with Crippen LogP contribution >= 0.6 is 0 Å². The SMILES string of the molecule is CCCCCCCCc1cc2oc3c(ccc4c5ccccc5oc43)c2cc1CCCCCCCC. The van der Waals surface area contributed by atoms with Gasteiger partial charge in [-0.05, 0) is 67.1 Å². The summed E-state index contributed by atoms with van der Waals surface area (Å²) in [6, 6.07) is 17.5.